The van der Waals surface area contributed by atoms with Crippen molar-refractivity contribution in [3.8, 4) is 23.1 Å². The molecular formula is C27H33N3O4. The maximum atomic E-state index is 10.5. The minimum Gasteiger partial charge on any atom is -0.497 e. The Labute approximate surface area is 201 Å². The van der Waals surface area contributed by atoms with Crippen LogP contribution in [0.5, 0.6) is 17.4 Å². The number of hydrogen-bond donors (Lipinski definition) is 1. The minimum absolute atomic E-state index is 0.284. The Morgan fingerprint density at radius 3 is 2.50 bits per heavy atom. The summed E-state index contributed by atoms with van der Waals surface area (Å²) in [5, 5.41) is 15.4. The van der Waals surface area contributed by atoms with Crippen LogP contribution >= 0.6 is 0 Å². The fourth-order valence-electron chi connectivity index (χ4n) is 3.92. The van der Waals surface area contributed by atoms with Crippen LogP contribution in [-0.2, 0) is 11.3 Å². The summed E-state index contributed by atoms with van der Waals surface area (Å²) in [6.45, 7) is 7.54. The van der Waals surface area contributed by atoms with Crippen LogP contribution in [0.1, 0.15) is 24.1 Å². The summed E-state index contributed by atoms with van der Waals surface area (Å²) in [6.07, 6.45) is 3.37. The van der Waals surface area contributed by atoms with Crippen molar-refractivity contribution in [3.05, 3.63) is 78.5 Å². The third-order valence-electron chi connectivity index (χ3n) is 5.83. The van der Waals surface area contributed by atoms with E-state index in [9.17, 15) is 5.11 Å². The summed E-state index contributed by atoms with van der Waals surface area (Å²) in [7, 11) is 1.64. The molecule has 4 rings (SSSR count). The van der Waals surface area contributed by atoms with Gasteiger partial charge in [0.15, 0.2) is 0 Å². The van der Waals surface area contributed by atoms with Gasteiger partial charge >= 0.3 is 0 Å². The number of para-hydroxylation sites is 1. The SMILES string of the molecule is C=CCOCC(O)CN(Cc1c(C)nn(-c2ccccc2)c1Oc1ccc(OC)cc1)C1CC1. The molecule has 3 aromatic rings. The van der Waals surface area contributed by atoms with Gasteiger partial charge in [0.25, 0.3) is 0 Å². The molecule has 1 heterocycles. The van der Waals surface area contributed by atoms with E-state index in [-0.39, 0.29) is 6.61 Å². The molecule has 0 spiro atoms. The first kappa shape index (κ1) is 24.0. The highest BCUT2D eigenvalue weighted by molar-refractivity contribution is 5.44. The number of ether oxygens (including phenoxy) is 3. The number of aliphatic hydroxyl groups is 1. The molecule has 0 bridgehead atoms. The van der Waals surface area contributed by atoms with E-state index in [4.69, 9.17) is 19.3 Å². The zero-order valence-corrected chi connectivity index (χ0v) is 19.9. The Morgan fingerprint density at radius 1 is 1.15 bits per heavy atom. The van der Waals surface area contributed by atoms with E-state index < -0.39 is 6.10 Å². The molecule has 180 valence electrons. The van der Waals surface area contributed by atoms with Crippen molar-refractivity contribution >= 4 is 0 Å². The number of rotatable bonds is 13. The van der Waals surface area contributed by atoms with Crippen molar-refractivity contribution in [1.29, 1.82) is 0 Å². The monoisotopic (exact) mass is 463 g/mol. The van der Waals surface area contributed by atoms with Crippen molar-refractivity contribution < 1.29 is 19.3 Å². The molecule has 34 heavy (non-hydrogen) atoms. The number of aryl methyl sites for hydroxylation is 1. The summed E-state index contributed by atoms with van der Waals surface area (Å²) in [5.41, 5.74) is 2.83. The Morgan fingerprint density at radius 2 is 1.85 bits per heavy atom. The van der Waals surface area contributed by atoms with Crippen LogP contribution in [0.15, 0.2) is 67.3 Å². The molecule has 2 aromatic carbocycles. The Kier molecular flexibility index (Phi) is 8.00. The number of nitrogens with zero attached hydrogens (tertiary/aromatic N) is 3. The van der Waals surface area contributed by atoms with Gasteiger partial charge in [-0.3, -0.25) is 4.90 Å². The number of hydrogen-bond acceptors (Lipinski definition) is 6. The van der Waals surface area contributed by atoms with Crippen molar-refractivity contribution in [2.75, 3.05) is 26.9 Å². The predicted molar refractivity (Wildman–Crippen MR) is 132 cm³/mol. The molecule has 1 aliphatic rings. The van der Waals surface area contributed by atoms with Crippen LogP contribution in [0, 0.1) is 6.92 Å². The average molecular weight is 464 g/mol. The minimum atomic E-state index is -0.573. The van der Waals surface area contributed by atoms with Crippen LogP contribution in [0.2, 0.25) is 0 Å². The third-order valence-corrected chi connectivity index (χ3v) is 5.83. The molecule has 1 fully saturated rings. The lowest BCUT2D eigenvalue weighted by Crippen LogP contribution is -2.36. The lowest BCUT2D eigenvalue weighted by molar-refractivity contribution is 0.0226. The molecule has 0 radical (unpaired) electrons. The molecule has 7 nitrogen and oxygen atoms in total. The van der Waals surface area contributed by atoms with E-state index >= 15 is 0 Å². The second-order valence-corrected chi connectivity index (χ2v) is 8.53. The molecule has 1 N–H and O–H groups in total. The largest absolute Gasteiger partial charge is 0.497 e. The normalized spacial score (nSPS) is 14.2. The van der Waals surface area contributed by atoms with Crippen LogP contribution in [0.25, 0.3) is 5.69 Å². The van der Waals surface area contributed by atoms with Crippen LogP contribution in [-0.4, -0.2) is 58.8 Å². The van der Waals surface area contributed by atoms with E-state index in [0.29, 0.717) is 37.4 Å². The van der Waals surface area contributed by atoms with Crippen molar-refractivity contribution in [1.82, 2.24) is 14.7 Å². The third kappa shape index (κ3) is 6.05. The second-order valence-electron chi connectivity index (χ2n) is 8.53. The zero-order valence-electron chi connectivity index (χ0n) is 19.9. The molecule has 0 aliphatic heterocycles. The number of benzene rings is 2. The highest BCUT2D eigenvalue weighted by atomic mass is 16.5. The standard InChI is InChI=1S/C27H33N3O4/c1-4-16-33-19-23(31)17-29(21-10-11-21)18-26-20(2)28-30(22-8-6-5-7-9-22)27(26)34-25-14-12-24(32-3)13-15-25/h4-9,12-15,21,23,31H,1,10-11,16-19H2,2-3H3. The first-order valence-corrected chi connectivity index (χ1v) is 11.7. The van der Waals surface area contributed by atoms with E-state index in [2.05, 4.69) is 11.5 Å². The van der Waals surface area contributed by atoms with Gasteiger partial charge in [-0.25, -0.2) is 4.68 Å². The quantitative estimate of drug-likeness (QED) is 0.297. The fraction of sp³-hybridized carbons (Fsp3) is 0.370. The van der Waals surface area contributed by atoms with Crippen LogP contribution in [0.3, 0.4) is 0 Å². The molecule has 1 saturated carbocycles. The summed E-state index contributed by atoms with van der Waals surface area (Å²) in [6, 6.07) is 17.9. The Bertz CT molecular complexity index is 1060. The van der Waals surface area contributed by atoms with E-state index in [1.807, 2.05) is 66.2 Å². The molecule has 1 atom stereocenters. The van der Waals surface area contributed by atoms with Gasteiger partial charge in [-0.1, -0.05) is 24.3 Å². The van der Waals surface area contributed by atoms with Crippen molar-refractivity contribution in [2.45, 2.75) is 38.5 Å². The summed E-state index contributed by atoms with van der Waals surface area (Å²) < 4.78 is 19.0. The molecule has 0 saturated heterocycles. The van der Waals surface area contributed by atoms with Gasteiger partial charge in [-0.05, 0) is 56.2 Å². The Balaban J connectivity index is 1.62. The first-order valence-electron chi connectivity index (χ1n) is 11.7. The molecule has 0 amide bonds. The summed E-state index contributed by atoms with van der Waals surface area (Å²) in [5.74, 6) is 2.15. The van der Waals surface area contributed by atoms with Gasteiger partial charge < -0.3 is 19.3 Å². The lowest BCUT2D eigenvalue weighted by Gasteiger charge is -2.25. The Hall–Kier alpha value is -3.13. The van der Waals surface area contributed by atoms with Crippen molar-refractivity contribution in [3.63, 3.8) is 0 Å². The highest BCUT2D eigenvalue weighted by Gasteiger charge is 2.32. The van der Waals surface area contributed by atoms with Crippen LogP contribution in [0.4, 0.5) is 0 Å². The average Bonchev–Trinajstić information content (AvgIpc) is 3.66. The van der Waals surface area contributed by atoms with Gasteiger partial charge in [-0.2, -0.15) is 5.10 Å². The second kappa shape index (κ2) is 11.3. The molecule has 1 aliphatic carbocycles. The van der Waals surface area contributed by atoms with E-state index in [0.717, 1.165) is 35.5 Å². The van der Waals surface area contributed by atoms with Gasteiger partial charge in [-0.15, -0.1) is 6.58 Å². The van der Waals surface area contributed by atoms with Crippen molar-refractivity contribution in [2.24, 2.45) is 0 Å². The number of aliphatic hydroxyl groups excluding tert-OH is 1. The molecule has 1 unspecified atom stereocenters. The molecule has 7 heteroatoms. The fourth-order valence-corrected chi connectivity index (χ4v) is 3.92. The topological polar surface area (TPSA) is 69.0 Å². The first-order chi connectivity index (χ1) is 16.6. The number of aromatic nitrogens is 2. The molecular weight excluding hydrogens is 430 g/mol. The molecule has 1 aromatic heterocycles. The highest BCUT2D eigenvalue weighted by Crippen LogP contribution is 2.35. The predicted octanol–water partition coefficient (Wildman–Crippen LogP) is 4.51. The maximum absolute atomic E-state index is 10.5. The van der Waals surface area contributed by atoms with Crippen LogP contribution < -0.4 is 9.47 Å². The van der Waals surface area contributed by atoms with Gasteiger partial charge in [0, 0.05) is 19.1 Å². The smallest absolute Gasteiger partial charge is 0.227 e. The number of methoxy groups -OCH3 is 1. The van der Waals surface area contributed by atoms with Gasteiger partial charge in [0.1, 0.15) is 11.5 Å². The zero-order chi connectivity index (χ0) is 23.9. The maximum Gasteiger partial charge on any atom is 0.227 e. The van der Waals surface area contributed by atoms with Gasteiger partial charge in [0.05, 0.1) is 43.4 Å². The summed E-state index contributed by atoms with van der Waals surface area (Å²) >= 11 is 0. The van der Waals surface area contributed by atoms with E-state index in [1.165, 1.54) is 0 Å². The van der Waals surface area contributed by atoms with Gasteiger partial charge in [0.2, 0.25) is 5.88 Å². The summed E-state index contributed by atoms with van der Waals surface area (Å²) in [4.78, 5) is 2.31. The van der Waals surface area contributed by atoms with E-state index in [1.54, 1.807) is 13.2 Å². The lowest BCUT2D eigenvalue weighted by atomic mass is 10.2.